The summed E-state index contributed by atoms with van der Waals surface area (Å²) in [4.78, 5) is 61.4. The number of carbonyl (C=O) groups is 4. The normalized spacial score (nSPS) is 21.6. The van der Waals surface area contributed by atoms with Crippen LogP contribution in [0.25, 0.3) is 0 Å². The standard InChI is InChI=1S/C23H34N4O3.C23H29N3O3.2H2/c1-3-24-21(28)27-17-23(19-7-5-6-8-20(19)27)11-15-25(16-12-23)18-9-13-26(14-10-18)22(29)30-4-2;1-3-16-29-22(28)25-12-8-19(9-13-25)24-14-10-23(11-15-24)17-26(18(2)27)21-7-5-4-6-20(21)23;;/h5-8,18H,3-4,9-17H2,1-2H3,(H,24,28);1,4-7,19H,8-17H2,2H3;2*1H. The van der Waals surface area contributed by atoms with Gasteiger partial charge in [-0.15, -0.1) is 6.42 Å². The first-order valence-corrected chi connectivity index (χ1v) is 21.9. The Bertz CT molecular complexity index is 1860. The minimum absolute atomic E-state index is 0. The van der Waals surface area contributed by atoms with Gasteiger partial charge >= 0.3 is 18.2 Å². The number of para-hydroxylation sites is 2. The maximum absolute atomic E-state index is 12.6. The van der Waals surface area contributed by atoms with E-state index in [0.717, 1.165) is 128 Å². The van der Waals surface area contributed by atoms with Crippen molar-refractivity contribution in [1.29, 1.82) is 0 Å². The molecule has 59 heavy (non-hydrogen) atoms. The molecule has 5 amide bonds. The second-order valence-electron chi connectivity index (χ2n) is 17.1. The molecule has 1 N–H and O–H groups in total. The molecule has 6 heterocycles. The molecule has 13 heteroatoms. The molecule has 6 aliphatic heterocycles. The Morgan fingerprint density at radius 1 is 0.695 bits per heavy atom. The summed E-state index contributed by atoms with van der Waals surface area (Å²) in [5.41, 5.74) is 4.96. The van der Waals surface area contributed by atoms with E-state index in [4.69, 9.17) is 15.9 Å². The van der Waals surface area contributed by atoms with E-state index in [2.05, 4.69) is 57.4 Å². The predicted octanol–water partition coefficient (Wildman–Crippen LogP) is 6.30. The molecule has 2 aromatic rings. The topological polar surface area (TPSA) is 118 Å². The van der Waals surface area contributed by atoms with Gasteiger partial charge in [0.1, 0.15) is 0 Å². The average molecular weight is 814 g/mol. The first-order chi connectivity index (χ1) is 28.6. The molecule has 2 spiro atoms. The number of fused-ring (bicyclic) bond motifs is 4. The summed E-state index contributed by atoms with van der Waals surface area (Å²) in [6.45, 7) is 15.3. The van der Waals surface area contributed by atoms with Gasteiger partial charge in [-0.2, -0.15) is 0 Å². The highest BCUT2D eigenvalue weighted by molar-refractivity contribution is 5.95. The van der Waals surface area contributed by atoms with Crippen LogP contribution < -0.4 is 15.1 Å². The van der Waals surface area contributed by atoms with Gasteiger partial charge in [-0.1, -0.05) is 42.3 Å². The third-order valence-electron chi connectivity index (χ3n) is 13.9. The number of nitrogens with zero attached hydrogens (tertiary/aromatic N) is 6. The van der Waals surface area contributed by atoms with Crippen molar-refractivity contribution < 1.29 is 31.5 Å². The fourth-order valence-corrected chi connectivity index (χ4v) is 10.7. The Morgan fingerprint density at radius 3 is 1.58 bits per heavy atom. The van der Waals surface area contributed by atoms with Crippen LogP contribution in [0.5, 0.6) is 0 Å². The van der Waals surface area contributed by atoms with E-state index >= 15 is 0 Å². The zero-order valence-corrected chi connectivity index (χ0v) is 35.3. The third kappa shape index (κ3) is 8.90. The van der Waals surface area contributed by atoms with Gasteiger partial charge in [0.15, 0.2) is 6.61 Å². The van der Waals surface area contributed by atoms with E-state index in [1.807, 2.05) is 40.7 Å². The Morgan fingerprint density at radius 2 is 1.14 bits per heavy atom. The van der Waals surface area contributed by atoms with Gasteiger partial charge in [-0.25, -0.2) is 14.4 Å². The van der Waals surface area contributed by atoms with Crippen LogP contribution in [0.1, 0.15) is 86.1 Å². The van der Waals surface area contributed by atoms with Crippen LogP contribution in [0.3, 0.4) is 0 Å². The van der Waals surface area contributed by atoms with Gasteiger partial charge in [0, 0.05) is 89.9 Å². The number of rotatable bonds is 5. The monoisotopic (exact) mass is 814 g/mol. The number of piperidine rings is 4. The van der Waals surface area contributed by atoms with Crippen molar-refractivity contribution in [1.82, 2.24) is 24.9 Å². The van der Waals surface area contributed by atoms with Crippen LogP contribution in [0.2, 0.25) is 0 Å². The lowest BCUT2D eigenvalue weighted by molar-refractivity contribution is -0.116. The molecule has 0 atom stereocenters. The van der Waals surface area contributed by atoms with Gasteiger partial charge in [0.2, 0.25) is 5.91 Å². The highest BCUT2D eigenvalue weighted by atomic mass is 16.6. The van der Waals surface area contributed by atoms with Gasteiger partial charge < -0.3 is 39.3 Å². The van der Waals surface area contributed by atoms with Crippen molar-refractivity contribution in [3.63, 3.8) is 0 Å². The lowest BCUT2D eigenvalue weighted by atomic mass is 9.74. The molecular weight excluding hydrogens is 747 g/mol. The van der Waals surface area contributed by atoms with Crippen molar-refractivity contribution in [3.05, 3.63) is 59.7 Å². The molecule has 2 aromatic carbocycles. The smallest absolute Gasteiger partial charge is 0.410 e. The quantitative estimate of drug-likeness (QED) is 0.350. The second kappa shape index (κ2) is 18.6. The van der Waals surface area contributed by atoms with E-state index in [9.17, 15) is 19.2 Å². The first kappa shape index (κ1) is 42.3. The highest BCUT2D eigenvalue weighted by Gasteiger charge is 2.48. The van der Waals surface area contributed by atoms with Crippen LogP contribution in [-0.2, 0) is 25.1 Å². The summed E-state index contributed by atoms with van der Waals surface area (Å²) in [7, 11) is 0. The number of terminal acetylenes is 1. The van der Waals surface area contributed by atoms with Crippen molar-refractivity contribution in [2.24, 2.45) is 0 Å². The van der Waals surface area contributed by atoms with Crippen molar-refractivity contribution in [2.45, 2.75) is 95.1 Å². The molecule has 0 unspecified atom stereocenters. The number of hydrogen-bond acceptors (Lipinski definition) is 8. The van der Waals surface area contributed by atoms with Crippen LogP contribution >= 0.6 is 0 Å². The molecule has 0 radical (unpaired) electrons. The third-order valence-corrected chi connectivity index (χ3v) is 13.9. The molecule has 13 nitrogen and oxygen atoms in total. The minimum atomic E-state index is -0.300. The maximum Gasteiger partial charge on any atom is 0.410 e. The van der Waals surface area contributed by atoms with Gasteiger partial charge in [0.25, 0.3) is 0 Å². The summed E-state index contributed by atoms with van der Waals surface area (Å²) >= 11 is 0. The lowest BCUT2D eigenvalue weighted by Gasteiger charge is -2.45. The number of likely N-dealkylation sites (tertiary alicyclic amines) is 4. The molecule has 4 saturated heterocycles. The number of anilines is 2. The van der Waals surface area contributed by atoms with Crippen LogP contribution in [-0.4, -0.2) is 141 Å². The first-order valence-electron chi connectivity index (χ1n) is 21.9. The highest BCUT2D eigenvalue weighted by Crippen LogP contribution is 2.49. The number of benzene rings is 2. The molecule has 6 aliphatic rings. The molecule has 322 valence electrons. The predicted molar refractivity (Wildman–Crippen MR) is 233 cm³/mol. The summed E-state index contributed by atoms with van der Waals surface area (Å²) in [5.74, 6) is 2.46. The largest absolute Gasteiger partial charge is 0.450 e. The Hall–Kier alpha value is -4.80. The number of carbonyl (C=O) groups excluding carboxylic acids is 4. The number of amides is 5. The molecule has 0 aromatic heterocycles. The summed E-state index contributed by atoms with van der Waals surface area (Å²) in [6, 6.07) is 17.8. The minimum Gasteiger partial charge on any atom is -0.450 e. The van der Waals surface area contributed by atoms with E-state index in [-0.39, 0.29) is 44.4 Å². The Balaban J connectivity index is 0.000000224. The van der Waals surface area contributed by atoms with Crippen molar-refractivity contribution >= 4 is 35.5 Å². The molecular formula is C46H67N7O6. The SMILES string of the molecule is C#CCOC(=O)N1CCC(N2CCC3(CC2)CN(C(C)=O)c2ccccc23)CC1.CCNC(=O)N1CC2(CCN(C3CCN(C(=O)OCC)CC3)CC2)c2ccccc21.[HH].[HH]. The number of urea groups is 1. The van der Waals surface area contributed by atoms with Crippen LogP contribution in [0, 0.1) is 12.3 Å². The van der Waals surface area contributed by atoms with Gasteiger partial charge in [0.05, 0.1) is 6.61 Å². The second-order valence-corrected chi connectivity index (χ2v) is 17.1. The molecule has 0 aliphatic carbocycles. The van der Waals surface area contributed by atoms with E-state index in [1.165, 1.54) is 11.1 Å². The summed E-state index contributed by atoms with van der Waals surface area (Å²) in [6.07, 6.45) is 12.9. The lowest BCUT2D eigenvalue weighted by Crippen LogP contribution is -2.53. The van der Waals surface area contributed by atoms with Crippen molar-refractivity contribution in [3.8, 4) is 12.3 Å². The fourth-order valence-electron chi connectivity index (χ4n) is 10.7. The number of hydrogen-bond donors (Lipinski definition) is 1. The molecule has 8 rings (SSSR count). The molecule has 0 saturated carbocycles. The molecule has 0 bridgehead atoms. The number of ether oxygens (including phenoxy) is 2. The Kier molecular flexibility index (Phi) is 13.4. The zero-order chi connectivity index (χ0) is 41.6. The van der Waals surface area contributed by atoms with Crippen molar-refractivity contribution in [2.75, 3.05) is 95.0 Å². The van der Waals surface area contributed by atoms with E-state index < -0.39 is 0 Å². The molecule has 4 fully saturated rings. The van der Waals surface area contributed by atoms with Crippen LogP contribution in [0.4, 0.5) is 25.8 Å². The maximum atomic E-state index is 12.6. The fraction of sp³-hybridized carbons (Fsp3) is 0.609. The zero-order valence-electron chi connectivity index (χ0n) is 35.3. The average Bonchev–Trinajstić information content (AvgIpc) is 3.76. The van der Waals surface area contributed by atoms with Crippen LogP contribution in [0.15, 0.2) is 48.5 Å². The van der Waals surface area contributed by atoms with Gasteiger partial charge in [-0.3, -0.25) is 9.69 Å². The van der Waals surface area contributed by atoms with Gasteiger partial charge in [-0.05, 0) is 115 Å². The number of nitrogens with one attached hydrogen (secondary N) is 1. The van der Waals surface area contributed by atoms with E-state index in [1.54, 1.807) is 11.8 Å². The van der Waals surface area contributed by atoms with E-state index in [0.29, 0.717) is 25.2 Å². The Labute approximate surface area is 353 Å². The summed E-state index contributed by atoms with van der Waals surface area (Å²) in [5, 5.41) is 2.97. The summed E-state index contributed by atoms with van der Waals surface area (Å²) < 4.78 is 10.2.